The lowest BCUT2D eigenvalue weighted by Crippen LogP contribution is -2.14. The summed E-state index contributed by atoms with van der Waals surface area (Å²) in [6.45, 7) is 4.61. The molecule has 0 saturated heterocycles. The number of hydrogen-bond acceptors (Lipinski definition) is 2. The van der Waals surface area contributed by atoms with E-state index in [9.17, 15) is 4.79 Å². The van der Waals surface area contributed by atoms with Crippen molar-refractivity contribution in [1.82, 2.24) is 0 Å². The van der Waals surface area contributed by atoms with Gasteiger partial charge in [0.15, 0.2) is 0 Å². The quantitative estimate of drug-likeness (QED) is 0.591. The Morgan fingerprint density at radius 1 is 1.10 bits per heavy atom. The van der Waals surface area contributed by atoms with E-state index in [1.807, 2.05) is 30.3 Å². The summed E-state index contributed by atoms with van der Waals surface area (Å²) < 4.78 is 5.48. The second-order valence-corrected chi connectivity index (χ2v) is 5.90. The summed E-state index contributed by atoms with van der Waals surface area (Å²) in [7, 11) is 0. The molecule has 1 fully saturated rings. The second kappa shape index (κ2) is 7.28. The fourth-order valence-electron chi connectivity index (χ4n) is 2.61. The topological polar surface area (TPSA) is 26.3 Å². The Hall–Kier alpha value is -1.57. The normalized spacial score (nSPS) is 15.2. The molecule has 1 saturated carbocycles. The molecule has 2 heteroatoms. The molecule has 0 spiro atoms. The highest BCUT2D eigenvalue weighted by Gasteiger charge is 2.20. The van der Waals surface area contributed by atoms with E-state index in [-0.39, 0.29) is 5.97 Å². The van der Waals surface area contributed by atoms with E-state index in [0.29, 0.717) is 12.5 Å². The molecule has 20 heavy (non-hydrogen) atoms. The van der Waals surface area contributed by atoms with Crippen LogP contribution in [-0.2, 0) is 9.53 Å². The largest absolute Gasteiger partial charge is 0.462 e. The van der Waals surface area contributed by atoms with Crippen LogP contribution in [-0.4, -0.2) is 12.6 Å². The fourth-order valence-corrected chi connectivity index (χ4v) is 2.61. The van der Waals surface area contributed by atoms with Crippen molar-refractivity contribution in [2.75, 3.05) is 6.61 Å². The predicted octanol–water partition coefficient (Wildman–Crippen LogP) is 4.60. The van der Waals surface area contributed by atoms with E-state index in [2.05, 4.69) is 13.8 Å². The number of rotatable bonds is 4. The predicted molar refractivity (Wildman–Crippen MR) is 82.2 cm³/mol. The summed E-state index contributed by atoms with van der Waals surface area (Å²) in [5.74, 6) is 0.217. The molecule has 0 bridgehead atoms. The summed E-state index contributed by atoms with van der Waals surface area (Å²) in [6, 6.07) is 9.95. The van der Waals surface area contributed by atoms with Crippen molar-refractivity contribution in [1.29, 1.82) is 0 Å². The van der Waals surface area contributed by atoms with Crippen LogP contribution in [0, 0.1) is 5.92 Å². The van der Waals surface area contributed by atoms with Crippen molar-refractivity contribution in [2.45, 2.75) is 46.0 Å². The second-order valence-electron chi connectivity index (χ2n) is 5.90. The number of carbonyl (C=O) groups excluding carboxylic acids is 1. The first-order valence-electron chi connectivity index (χ1n) is 7.63. The summed E-state index contributed by atoms with van der Waals surface area (Å²) >= 11 is 0. The maximum absolute atomic E-state index is 12.5. The molecule has 0 radical (unpaired) electrons. The van der Waals surface area contributed by atoms with Crippen molar-refractivity contribution in [3.05, 3.63) is 41.5 Å². The maximum atomic E-state index is 12.5. The lowest BCUT2D eigenvalue weighted by Gasteiger charge is -2.19. The van der Waals surface area contributed by atoms with Gasteiger partial charge in [-0.3, -0.25) is 0 Å². The Bertz CT molecular complexity index is 463. The molecule has 1 aliphatic carbocycles. The minimum absolute atomic E-state index is 0.151. The van der Waals surface area contributed by atoms with Gasteiger partial charge in [0.25, 0.3) is 0 Å². The molecule has 0 unspecified atom stereocenters. The summed E-state index contributed by atoms with van der Waals surface area (Å²) in [6.07, 6.45) is 5.70. The minimum Gasteiger partial charge on any atom is -0.462 e. The molecule has 0 amide bonds. The van der Waals surface area contributed by atoms with Gasteiger partial charge < -0.3 is 4.74 Å². The molecular weight excluding hydrogens is 248 g/mol. The van der Waals surface area contributed by atoms with Crippen molar-refractivity contribution >= 4 is 11.5 Å². The standard InChI is InChI=1S/C18H24O2/c1-14(2)13-20-18(19)17(15-9-5-3-6-10-15)16-11-7-4-8-12-16/h3,5-6,9-10,14H,4,7-8,11-13H2,1-2H3. The molecule has 2 nitrogen and oxygen atoms in total. The number of carbonyl (C=O) groups is 1. The number of ether oxygens (including phenoxy) is 1. The van der Waals surface area contributed by atoms with Gasteiger partial charge in [-0.05, 0) is 37.2 Å². The van der Waals surface area contributed by atoms with Crippen LogP contribution in [0.3, 0.4) is 0 Å². The highest BCUT2D eigenvalue weighted by molar-refractivity contribution is 6.17. The number of esters is 1. The average Bonchev–Trinajstić information content (AvgIpc) is 2.48. The van der Waals surface area contributed by atoms with E-state index in [0.717, 1.165) is 24.0 Å². The zero-order chi connectivity index (χ0) is 14.4. The van der Waals surface area contributed by atoms with Gasteiger partial charge in [0.1, 0.15) is 0 Å². The first kappa shape index (κ1) is 14.8. The smallest absolute Gasteiger partial charge is 0.338 e. The SMILES string of the molecule is CC(C)COC(=O)C(=C1CCCCC1)c1ccccc1. The monoisotopic (exact) mass is 272 g/mol. The van der Waals surface area contributed by atoms with Gasteiger partial charge in [-0.25, -0.2) is 4.79 Å². The van der Waals surface area contributed by atoms with Crippen LogP contribution in [0.1, 0.15) is 51.5 Å². The number of allylic oxidation sites excluding steroid dienone is 1. The summed E-state index contributed by atoms with van der Waals surface area (Å²) in [5.41, 5.74) is 3.08. The third-order valence-corrected chi connectivity index (χ3v) is 3.63. The lowest BCUT2D eigenvalue weighted by molar-refractivity contribution is -0.137. The van der Waals surface area contributed by atoms with Gasteiger partial charge in [0.05, 0.1) is 12.2 Å². The minimum atomic E-state index is -0.151. The molecule has 0 heterocycles. The zero-order valence-corrected chi connectivity index (χ0v) is 12.5. The van der Waals surface area contributed by atoms with E-state index in [4.69, 9.17) is 4.74 Å². The zero-order valence-electron chi connectivity index (χ0n) is 12.5. The molecule has 0 atom stereocenters. The van der Waals surface area contributed by atoms with Crippen LogP contribution >= 0.6 is 0 Å². The molecular formula is C18H24O2. The molecule has 108 valence electrons. The molecule has 1 aromatic rings. The van der Waals surface area contributed by atoms with Crippen molar-refractivity contribution < 1.29 is 9.53 Å². The van der Waals surface area contributed by atoms with Crippen molar-refractivity contribution in [3.8, 4) is 0 Å². The van der Waals surface area contributed by atoms with E-state index < -0.39 is 0 Å². The van der Waals surface area contributed by atoms with Gasteiger partial charge in [-0.15, -0.1) is 0 Å². The Labute approximate surface area is 121 Å². The maximum Gasteiger partial charge on any atom is 0.338 e. The average molecular weight is 272 g/mol. The van der Waals surface area contributed by atoms with Crippen molar-refractivity contribution in [2.24, 2.45) is 5.92 Å². The first-order chi connectivity index (χ1) is 9.68. The molecule has 0 aromatic heterocycles. The molecule has 0 N–H and O–H groups in total. The van der Waals surface area contributed by atoms with Crippen LogP contribution in [0.15, 0.2) is 35.9 Å². The van der Waals surface area contributed by atoms with E-state index in [1.54, 1.807) is 0 Å². The summed E-state index contributed by atoms with van der Waals surface area (Å²) in [4.78, 5) is 12.5. The number of benzene rings is 1. The highest BCUT2D eigenvalue weighted by atomic mass is 16.5. The van der Waals surface area contributed by atoms with Crippen LogP contribution in [0.4, 0.5) is 0 Å². The molecule has 1 aromatic carbocycles. The van der Waals surface area contributed by atoms with Gasteiger partial charge in [0.2, 0.25) is 0 Å². The molecule has 0 aliphatic heterocycles. The number of hydrogen-bond donors (Lipinski definition) is 0. The lowest BCUT2D eigenvalue weighted by atomic mass is 9.88. The van der Waals surface area contributed by atoms with Crippen LogP contribution in [0.2, 0.25) is 0 Å². The van der Waals surface area contributed by atoms with E-state index in [1.165, 1.54) is 24.8 Å². The Morgan fingerprint density at radius 2 is 1.75 bits per heavy atom. The van der Waals surface area contributed by atoms with Gasteiger partial charge in [0, 0.05) is 0 Å². The third kappa shape index (κ3) is 3.96. The van der Waals surface area contributed by atoms with Crippen LogP contribution < -0.4 is 0 Å². The molecule has 1 aliphatic rings. The summed E-state index contributed by atoms with van der Waals surface area (Å²) in [5, 5.41) is 0. The van der Waals surface area contributed by atoms with Crippen LogP contribution in [0.5, 0.6) is 0 Å². The van der Waals surface area contributed by atoms with E-state index >= 15 is 0 Å². The van der Waals surface area contributed by atoms with Gasteiger partial charge in [-0.1, -0.05) is 56.2 Å². The highest BCUT2D eigenvalue weighted by Crippen LogP contribution is 2.31. The third-order valence-electron chi connectivity index (χ3n) is 3.63. The Balaban J connectivity index is 2.27. The van der Waals surface area contributed by atoms with Gasteiger partial charge >= 0.3 is 5.97 Å². The van der Waals surface area contributed by atoms with Gasteiger partial charge in [-0.2, -0.15) is 0 Å². The fraction of sp³-hybridized carbons (Fsp3) is 0.500. The Morgan fingerprint density at radius 3 is 2.35 bits per heavy atom. The molecule has 2 rings (SSSR count). The van der Waals surface area contributed by atoms with Crippen molar-refractivity contribution in [3.63, 3.8) is 0 Å². The Kier molecular flexibility index (Phi) is 5.40. The first-order valence-corrected chi connectivity index (χ1v) is 7.63. The van der Waals surface area contributed by atoms with Crippen LogP contribution in [0.25, 0.3) is 5.57 Å².